The van der Waals surface area contributed by atoms with E-state index in [-0.39, 0.29) is 5.41 Å². The lowest BCUT2D eigenvalue weighted by Crippen LogP contribution is -2.10. The van der Waals surface area contributed by atoms with E-state index >= 15 is 0 Å². The first kappa shape index (κ1) is 9.13. The Hall–Kier alpha value is -1.44. The Morgan fingerprint density at radius 1 is 1.21 bits per heavy atom. The number of hydrogen-bond acceptors (Lipinski definition) is 2. The number of fused-ring (bicyclic) bond motifs is 1. The molecule has 0 spiro atoms. The van der Waals surface area contributed by atoms with E-state index in [0.29, 0.717) is 0 Å². The fourth-order valence-electron chi connectivity index (χ4n) is 1.41. The lowest BCUT2D eigenvalue weighted by atomic mass is 9.86. The van der Waals surface area contributed by atoms with Gasteiger partial charge in [-0.05, 0) is 23.1 Å². The summed E-state index contributed by atoms with van der Waals surface area (Å²) in [5.74, 6) is 0. The summed E-state index contributed by atoms with van der Waals surface area (Å²) < 4.78 is 0. The lowest BCUT2D eigenvalue weighted by molar-refractivity contribution is 0.591. The minimum atomic E-state index is 0.174. The summed E-state index contributed by atoms with van der Waals surface area (Å²) >= 11 is 0. The van der Waals surface area contributed by atoms with Crippen molar-refractivity contribution < 1.29 is 0 Å². The van der Waals surface area contributed by atoms with Crippen LogP contribution in [0.4, 0.5) is 0 Å². The second-order valence-corrected chi connectivity index (χ2v) is 4.49. The van der Waals surface area contributed by atoms with Gasteiger partial charge in [0.2, 0.25) is 0 Å². The van der Waals surface area contributed by atoms with Crippen molar-refractivity contribution >= 4 is 10.9 Å². The maximum Gasteiger partial charge on any atom is 0.198 e. The fourth-order valence-corrected chi connectivity index (χ4v) is 1.41. The molecule has 1 heterocycles. The number of hydrogen-bond donors (Lipinski definition) is 0. The highest BCUT2D eigenvalue weighted by Gasteiger charge is 2.13. The molecule has 2 aromatic rings. The molecule has 2 rings (SSSR count). The third-order valence-corrected chi connectivity index (χ3v) is 2.33. The largest absolute Gasteiger partial charge is 0.233 e. The van der Waals surface area contributed by atoms with Crippen LogP contribution in [0.3, 0.4) is 0 Å². The molecule has 1 radical (unpaired) electrons. The molecule has 0 aliphatic carbocycles. The van der Waals surface area contributed by atoms with E-state index in [2.05, 4.69) is 49.2 Å². The summed E-state index contributed by atoms with van der Waals surface area (Å²) in [5.41, 5.74) is 2.43. The van der Waals surface area contributed by atoms with E-state index in [1.807, 2.05) is 6.07 Å². The molecule has 0 unspecified atom stereocenters. The smallest absolute Gasteiger partial charge is 0.198 e. The van der Waals surface area contributed by atoms with Crippen molar-refractivity contribution in [3.8, 4) is 0 Å². The number of aromatic nitrogens is 2. The van der Waals surface area contributed by atoms with Crippen molar-refractivity contribution in [3.63, 3.8) is 0 Å². The predicted molar refractivity (Wildman–Crippen MR) is 57.1 cm³/mol. The van der Waals surface area contributed by atoms with Crippen LogP contribution >= 0.6 is 0 Å². The lowest BCUT2D eigenvalue weighted by Gasteiger charge is -2.18. The van der Waals surface area contributed by atoms with Crippen LogP contribution < -0.4 is 0 Å². The Kier molecular flexibility index (Phi) is 1.99. The van der Waals surface area contributed by atoms with Gasteiger partial charge in [0, 0.05) is 11.6 Å². The van der Waals surface area contributed by atoms with Crippen LogP contribution in [-0.2, 0) is 5.41 Å². The Morgan fingerprint density at radius 3 is 2.71 bits per heavy atom. The van der Waals surface area contributed by atoms with E-state index in [9.17, 15) is 0 Å². The van der Waals surface area contributed by atoms with Gasteiger partial charge in [0.1, 0.15) is 0 Å². The molecule has 71 valence electrons. The molecule has 0 aliphatic heterocycles. The molecular weight excluding hydrogens is 172 g/mol. The Morgan fingerprint density at radius 2 is 2.00 bits per heavy atom. The summed E-state index contributed by atoms with van der Waals surface area (Å²) in [6, 6.07) is 6.28. The van der Waals surface area contributed by atoms with Gasteiger partial charge >= 0.3 is 0 Å². The van der Waals surface area contributed by atoms with E-state index in [0.717, 1.165) is 10.9 Å². The maximum atomic E-state index is 4.07. The maximum absolute atomic E-state index is 4.07. The summed E-state index contributed by atoms with van der Waals surface area (Å²) in [5, 5.41) is 1.08. The first-order chi connectivity index (χ1) is 6.57. The van der Waals surface area contributed by atoms with Crippen LogP contribution in [0, 0.1) is 6.33 Å². The fraction of sp³-hybridized carbons (Fsp3) is 0.333. The van der Waals surface area contributed by atoms with Crippen LogP contribution in [0.1, 0.15) is 26.3 Å². The van der Waals surface area contributed by atoms with Gasteiger partial charge in [-0.1, -0.05) is 26.8 Å². The number of rotatable bonds is 0. The molecule has 2 heteroatoms. The van der Waals surface area contributed by atoms with E-state index in [4.69, 9.17) is 0 Å². The zero-order valence-electron chi connectivity index (χ0n) is 8.70. The first-order valence-corrected chi connectivity index (χ1v) is 4.71. The Labute approximate surface area is 84.0 Å². The van der Waals surface area contributed by atoms with Gasteiger partial charge in [-0.3, -0.25) is 0 Å². The van der Waals surface area contributed by atoms with Gasteiger partial charge in [0.05, 0.1) is 5.52 Å². The summed E-state index contributed by atoms with van der Waals surface area (Å²) in [6.07, 6.45) is 4.40. The van der Waals surface area contributed by atoms with Crippen molar-refractivity contribution in [1.29, 1.82) is 0 Å². The Balaban J connectivity index is 2.63. The molecule has 2 nitrogen and oxygen atoms in total. The van der Waals surface area contributed by atoms with E-state index < -0.39 is 0 Å². The number of benzene rings is 1. The quantitative estimate of drug-likeness (QED) is 0.630. The Bertz CT molecular complexity index is 455. The zero-order valence-corrected chi connectivity index (χ0v) is 8.70. The van der Waals surface area contributed by atoms with Gasteiger partial charge in [-0.15, -0.1) is 0 Å². The van der Waals surface area contributed by atoms with Gasteiger partial charge in [0.25, 0.3) is 0 Å². The number of nitrogens with zero attached hydrogens (tertiary/aromatic N) is 2. The molecule has 0 bridgehead atoms. The standard InChI is InChI=1S/C12H13N2/c1-12(2,3)10-4-5-11-9(6-10)7-13-8-14-11/h4-7H,1-3H3. The highest BCUT2D eigenvalue weighted by molar-refractivity contribution is 5.78. The molecule has 0 fully saturated rings. The van der Waals surface area contributed by atoms with Crippen LogP contribution in [0.25, 0.3) is 10.9 Å². The van der Waals surface area contributed by atoms with Crippen molar-refractivity contribution in [2.75, 3.05) is 0 Å². The van der Waals surface area contributed by atoms with Crippen LogP contribution in [0.5, 0.6) is 0 Å². The molecule has 0 N–H and O–H groups in total. The molecular formula is C12H13N2. The normalized spacial score (nSPS) is 11.9. The average molecular weight is 185 g/mol. The highest BCUT2D eigenvalue weighted by Crippen LogP contribution is 2.24. The topological polar surface area (TPSA) is 25.8 Å². The second-order valence-electron chi connectivity index (χ2n) is 4.49. The molecule has 1 aromatic heterocycles. The third-order valence-electron chi connectivity index (χ3n) is 2.33. The third kappa shape index (κ3) is 1.60. The predicted octanol–water partition coefficient (Wildman–Crippen LogP) is 2.73. The van der Waals surface area contributed by atoms with Crippen LogP contribution in [0.2, 0.25) is 0 Å². The van der Waals surface area contributed by atoms with Gasteiger partial charge in [0.15, 0.2) is 6.33 Å². The van der Waals surface area contributed by atoms with Crippen molar-refractivity contribution in [2.45, 2.75) is 26.2 Å². The monoisotopic (exact) mass is 185 g/mol. The first-order valence-electron chi connectivity index (χ1n) is 4.71. The van der Waals surface area contributed by atoms with Crippen molar-refractivity contribution in [2.24, 2.45) is 0 Å². The molecule has 0 amide bonds. The van der Waals surface area contributed by atoms with Gasteiger partial charge in [-0.2, -0.15) is 0 Å². The van der Waals surface area contributed by atoms with Gasteiger partial charge in [-0.25, -0.2) is 9.97 Å². The van der Waals surface area contributed by atoms with E-state index in [1.165, 1.54) is 5.56 Å². The minimum absolute atomic E-state index is 0.174. The molecule has 1 aromatic carbocycles. The van der Waals surface area contributed by atoms with Crippen LogP contribution in [-0.4, -0.2) is 9.97 Å². The average Bonchev–Trinajstić information content (AvgIpc) is 2.16. The second kappa shape index (κ2) is 3.05. The van der Waals surface area contributed by atoms with Crippen LogP contribution in [0.15, 0.2) is 24.4 Å². The SMILES string of the molecule is CC(C)(C)c1ccc2n[c]ncc2c1. The molecule has 14 heavy (non-hydrogen) atoms. The summed E-state index contributed by atoms with van der Waals surface area (Å²) in [6.45, 7) is 6.60. The summed E-state index contributed by atoms with van der Waals surface area (Å²) in [4.78, 5) is 7.97. The molecule has 0 saturated carbocycles. The molecule has 0 atom stereocenters. The molecule has 0 saturated heterocycles. The zero-order chi connectivity index (χ0) is 10.2. The van der Waals surface area contributed by atoms with Crippen molar-refractivity contribution in [3.05, 3.63) is 36.3 Å². The van der Waals surface area contributed by atoms with Crippen molar-refractivity contribution in [1.82, 2.24) is 9.97 Å². The van der Waals surface area contributed by atoms with Gasteiger partial charge < -0.3 is 0 Å². The van der Waals surface area contributed by atoms with E-state index in [1.54, 1.807) is 6.20 Å². The highest BCUT2D eigenvalue weighted by atomic mass is 14.8. The minimum Gasteiger partial charge on any atom is -0.233 e. The molecule has 0 aliphatic rings. The summed E-state index contributed by atoms with van der Waals surface area (Å²) in [7, 11) is 0.